The molecule has 0 radical (unpaired) electrons. The molecule has 0 saturated heterocycles. The predicted octanol–water partition coefficient (Wildman–Crippen LogP) is 2.03. The van der Waals surface area contributed by atoms with Gasteiger partial charge < -0.3 is 9.47 Å². The second-order valence-corrected chi connectivity index (χ2v) is 7.82. The Morgan fingerprint density at radius 1 is 0.719 bits per heavy atom. The maximum absolute atomic E-state index is 5.38. The number of hydrogen-bond acceptors (Lipinski definition) is 8. The number of rotatable bonds is 11. The summed E-state index contributed by atoms with van der Waals surface area (Å²) in [7, 11) is 7.55. The van der Waals surface area contributed by atoms with Crippen LogP contribution in [0.4, 0.5) is 0 Å². The molecule has 0 fully saturated rings. The molecular weight excluding hydrogens is 408 g/mol. The highest BCUT2D eigenvalue weighted by Gasteiger charge is 2.35. The van der Waals surface area contributed by atoms with Crippen molar-refractivity contribution in [3.8, 4) is 0 Å². The zero-order valence-corrected chi connectivity index (χ0v) is 19.0. The monoisotopic (exact) mass is 438 g/mol. The van der Waals surface area contributed by atoms with E-state index >= 15 is 0 Å². The van der Waals surface area contributed by atoms with Gasteiger partial charge in [0.15, 0.2) is 0 Å². The van der Waals surface area contributed by atoms with Gasteiger partial charge in [-0.05, 0) is 38.4 Å². The molecule has 170 valence electrons. The number of nitrogens with zero attached hydrogens (tertiary/aromatic N) is 8. The lowest BCUT2D eigenvalue weighted by atomic mass is 10.2. The molecule has 10 nitrogen and oxygen atoms in total. The summed E-state index contributed by atoms with van der Waals surface area (Å²) in [6.45, 7) is 2.59. The van der Waals surface area contributed by atoms with Crippen LogP contribution >= 0.6 is 0 Å². The molecule has 4 aromatic rings. The molecule has 0 N–H and O–H groups in total. The van der Waals surface area contributed by atoms with E-state index in [1.807, 2.05) is 57.9 Å². The third-order valence-corrected chi connectivity index (χ3v) is 5.72. The van der Waals surface area contributed by atoms with E-state index in [1.165, 1.54) is 0 Å². The Bertz CT molecular complexity index is 1050. The molecule has 4 rings (SSSR count). The molecular formula is C22H30N8O2. The first-order chi connectivity index (χ1) is 15.7. The number of para-hydroxylation sites is 2. The Balaban J connectivity index is 1.87. The quantitative estimate of drug-likeness (QED) is 0.352. The van der Waals surface area contributed by atoms with Crippen molar-refractivity contribution in [2.24, 2.45) is 0 Å². The summed E-state index contributed by atoms with van der Waals surface area (Å²) in [6.07, 6.45) is -0.464. The lowest BCUT2D eigenvalue weighted by molar-refractivity contribution is -0.00772. The van der Waals surface area contributed by atoms with E-state index in [-0.39, 0.29) is 12.3 Å². The highest BCUT2D eigenvalue weighted by molar-refractivity contribution is 5.75. The Hall–Kier alpha value is -2.92. The van der Waals surface area contributed by atoms with Crippen LogP contribution in [-0.2, 0) is 9.47 Å². The normalized spacial score (nSPS) is 14.1. The fourth-order valence-electron chi connectivity index (χ4n) is 3.98. The van der Waals surface area contributed by atoms with Gasteiger partial charge in [0, 0.05) is 27.3 Å². The summed E-state index contributed by atoms with van der Waals surface area (Å²) >= 11 is 0. The van der Waals surface area contributed by atoms with Gasteiger partial charge in [-0.2, -0.15) is 0 Å². The van der Waals surface area contributed by atoms with Crippen LogP contribution in [0.2, 0.25) is 0 Å². The molecule has 2 unspecified atom stereocenters. The van der Waals surface area contributed by atoms with Crippen LogP contribution in [0.15, 0.2) is 48.5 Å². The summed E-state index contributed by atoms with van der Waals surface area (Å²) in [5.74, 6) is 0. The minimum Gasteiger partial charge on any atom is -0.383 e. The van der Waals surface area contributed by atoms with Crippen LogP contribution in [0, 0.1) is 0 Å². The second-order valence-electron chi connectivity index (χ2n) is 7.82. The fraction of sp³-hybridized carbons (Fsp3) is 0.455. The fourth-order valence-corrected chi connectivity index (χ4v) is 3.98. The number of fused-ring (bicyclic) bond motifs is 2. The molecule has 0 aliphatic rings. The van der Waals surface area contributed by atoms with Crippen molar-refractivity contribution in [3.05, 3.63) is 48.5 Å². The molecule has 10 heteroatoms. The van der Waals surface area contributed by atoms with Gasteiger partial charge in [0.05, 0.1) is 24.2 Å². The third kappa shape index (κ3) is 4.35. The van der Waals surface area contributed by atoms with Gasteiger partial charge in [-0.3, -0.25) is 9.80 Å². The van der Waals surface area contributed by atoms with E-state index in [9.17, 15) is 0 Å². The van der Waals surface area contributed by atoms with E-state index in [1.54, 1.807) is 14.2 Å². The van der Waals surface area contributed by atoms with Crippen molar-refractivity contribution in [2.75, 3.05) is 54.6 Å². The number of methoxy groups -OCH3 is 2. The van der Waals surface area contributed by atoms with E-state index in [0.717, 1.165) is 22.1 Å². The number of aromatic nitrogens is 6. The van der Waals surface area contributed by atoms with E-state index < -0.39 is 0 Å². The SMILES string of the molecule is COCCN(C)C(C(N(C)CCOC)n1nnc2ccccc21)n1nnc2ccccc21. The van der Waals surface area contributed by atoms with Gasteiger partial charge in [0.1, 0.15) is 23.4 Å². The molecule has 2 aromatic heterocycles. The lowest BCUT2D eigenvalue weighted by Gasteiger charge is -2.39. The van der Waals surface area contributed by atoms with Crippen LogP contribution in [0.25, 0.3) is 22.1 Å². The van der Waals surface area contributed by atoms with Gasteiger partial charge in [0.2, 0.25) is 0 Å². The minimum atomic E-state index is -0.232. The number of benzene rings is 2. The average Bonchev–Trinajstić information content (AvgIpc) is 3.44. The maximum Gasteiger partial charge on any atom is 0.142 e. The smallest absolute Gasteiger partial charge is 0.142 e. The van der Waals surface area contributed by atoms with Gasteiger partial charge in [-0.1, -0.05) is 34.7 Å². The van der Waals surface area contributed by atoms with E-state index in [4.69, 9.17) is 9.47 Å². The second kappa shape index (κ2) is 10.1. The molecule has 2 atom stereocenters. The van der Waals surface area contributed by atoms with Crippen LogP contribution in [0.1, 0.15) is 12.3 Å². The molecule has 0 amide bonds. The Kier molecular flexibility index (Phi) is 7.05. The highest BCUT2D eigenvalue weighted by atomic mass is 16.5. The third-order valence-electron chi connectivity index (χ3n) is 5.72. The van der Waals surface area contributed by atoms with Gasteiger partial charge in [-0.25, -0.2) is 9.36 Å². The van der Waals surface area contributed by atoms with Gasteiger partial charge in [0.25, 0.3) is 0 Å². The van der Waals surface area contributed by atoms with Crippen LogP contribution in [-0.4, -0.2) is 94.4 Å². The molecule has 0 saturated carbocycles. The number of hydrogen-bond donors (Lipinski definition) is 0. The summed E-state index contributed by atoms with van der Waals surface area (Å²) in [6, 6.07) is 16.0. The summed E-state index contributed by atoms with van der Waals surface area (Å²) in [5, 5.41) is 18.0. The lowest BCUT2D eigenvalue weighted by Crippen LogP contribution is -2.46. The molecule has 0 aliphatic carbocycles. The Morgan fingerprint density at radius 3 is 1.53 bits per heavy atom. The van der Waals surface area contributed by atoms with Crippen molar-refractivity contribution in [3.63, 3.8) is 0 Å². The van der Waals surface area contributed by atoms with Crippen LogP contribution in [0.5, 0.6) is 0 Å². The molecule has 2 aromatic carbocycles. The Labute approximate surface area is 187 Å². The topological polar surface area (TPSA) is 86.4 Å². The molecule has 0 aliphatic heterocycles. The van der Waals surface area contributed by atoms with Crippen molar-refractivity contribution < 1.29 is 9.47 Å². The highest BCUT2D eigenvalue weighted by Crippen LogP contribution is 2.32. The average molecular weight is 439 g/mol. The van der Waals surface area contributed by atoms with Crippen molar-refractivity contribution in [1.29, 1.82) is 0 Å². The summed E-state index contributed by atoms with van der Waals surface area (Å²) in [4.78, 5) is 4.43. The van der Waals surface area contributed by atoms with Crippen molar-refractivity contribution >= 4 is 22.1 Å². The first-order valence-electron chi connectivity index (χ1n) is 10.6. The van der Waals surface area contributed by atoms with Crippen LogP contribution in [0.3, 0.4) is 0 Å². The predicted molar refractivity (Wildman–Crippen MR) is 122 cm³/mol. The molecule has 0 bridgehead atoms. The molecule has 0 spiro atoms. The first-order valence-corrected chi connectivity index (χ1v) is 10.6. The zero-order valence-electron chi connectivity index (χ0n) is 19.0. The Morgan fingerprint density at radius 2 is 1.12 bits per heavy atom. The largest absolute Gasteiger partial charge is 0.383 e. The standard InChI is InChI=1S/C22H30N8O2/c1-27(13-15-31-3)21(29-19-11-7-5-9-17(19)23-25-29)22(28(2)14-16-32-4)30-20-12-8-6-10-18(20)24-26-30/h5-12,21-22H,13-16H2,1-4H3. The first kappa shape index (κ1) is 22.3. The van der Waals surface area contributed by atoms with Crippen LogP contribution < -0.4 is 0 Å². The maximum atomic E-state index is 5.38. The van der Waals surface area contributed by atoms with Crippen molar-refractivity contribution in [2.45, 2.75) is 12.3 Å². The van der Waals surface area contributed by atoms with Gasteiger partial charge in [-0.15, -0.1) is 10.2 Å². The van der Waals surface area contributed by atoms with E-state index in [0.29, 0.717) is 26.3 Å². The summed E-state index contributed by atoms with van der Waals surface area (Å²) < 4.78 is 14.7. The minimum absolute atomic E-state index is 0.232. The summed E-state index contributed by atoms with van der Waals surface area (Å²) in [5.41, 5.74) is 3.60. The number of ether oxygens (including phenoxy) is 2. The zero-order chi connectivity index (χ0) is 22.5. The van der Waals surface area contributed by atoms with Gasteiger partial charge >= 0.3 is 0 Å². The van der Waals surface area contributed by atoms with E-state index in [2.05, 4.69) is 44.5 Å². The number of likely N-dealkylation sites (N-methyl/N-ethyl adjacent to an activating group) is 2. The molecule has 2 heterocycles. The molecule has 32 heavy (non-hydrogen) atoms. The van der Waals surface area contributed by atoms with Crippen molar-refractivity contribution in [1.82, 2.24) is 39.8 Å².